The molecular weight excluding hydrogens is 250 g/mol. The van der Waals surface area contributed by atoms with Crippen LogP contribution in [0.1, 0.15) is 29.8 Å². The first-order valence-corrected chi connectivity index (χ1v) is 6.84. The standard InChI is InChI=1S/C16H19N3O/c1-3-12-8-5-6-10-14(12)19-16(20)13-9-7-11-18-15(13)17-4-2/h5-11H,3-4H2,1-2H3,(H,17,18)(H,19,20). The number of aryl methyl sites for hydroxylation is 1. The van der Waals surface area contributed by atoms with E-state index in [1.165, 1.54) is 0 Å². The number of hydrogen-bond donors (Lipinski definition) is 2. The Bertz CT molecular complexity index is 596. The lowest BCUT2D eigenvalue weighted by Crippen LogP contribution is -2.16. The Balaban J connectivity index is 2.24. The fourth-order valence-corrected chi connectivity index (χ4v) is 2.04. The van der Waals surface area contributed by atoms with Crippen molar-refractivity contribution in [3.05, 3.63) is 53.7 Å². The molecule has 1 heterocycles. The number of aromatic nitrogens is 1. The van der Waals surface area contributed by atoms with Crippen LogP contribution >= 0.6 is 0 Å². The molecule has 0 bridgehead atoms. The molecule has 0 fully saturated rings. The first kappa shape index (κ1) is 14.1. The molecule has 2 rings (SSSR count). The summed E-state index contributed by atoms with van der Waals surface area (Å²) in [6.45, 7) is 4.77. The van der Waals surface area contributed by atoms with E-state index in [9.17, 15) is 4.79 Å². The number of anilines is 2. The zero-order valence-electron chi connectivity index (χ0n) is 11.8. The monoisotopic (exact) mass is 269 g/mol. The summed E-state index contributed by atoms with van der Waals surface area (Å²) in [4.78, 5) is 16.6. The number of benzene rings is 1. The average Bonchev–Trinajstić information content (AvgIpc) is 2.48. The van der Waals surface area contributed by atoms with E-state index < -0.39 is 0 Å². The number of pyridine rings is 1. The molecule has 104 valence electrons. The summed E-state index contributed by atoms with van der Waals surface area (Å²) in [5, 5.41) is 6.06. The third-order valence-corrected chi connectivity index (χ3v) is 3.04. The molecule has 0 aliphatic rings. The molecular formula is C16H19N3O. The maximum Gasteiger partial charge on any atom is 0.259 e. The Morgan fingerprint density at radius 1 is 1.15 bits per heavy atom. The Hall–Kier alpha value is -2.36. The van der Waals surface area contributed by atoms with E-state index in [1.54, 1.807) is 18.3 Å². The van der Waals surface area contributed by atoms with E-state index in [-0.39, 0.29) is 5.91 Å². The van der Waals surface area contributed by atoms with E-state index in [1.807, 2.05) is 31.2 Å². The topological polar surface area (TPSA) is 54.0 Å². The smallest absolute Gasteiger partial charge is 0.259 e. The predicted molar refractivity (Wildman–Crippen MR) is 82.2 cm³/mol. The van der Waals surface area contributed by atoms with Gasteiger partial charge < -0.3 is 10.6 Å². The zero-order chi connectivity index (χ0) is 14.4. The van der Waals surface area contributed by atoms with E-state index >= 15 is 0 Å². The van der Waals surface area contributed by atoms with Crippen LogP contribution < -0.4 is 10.6 Å². The summed E-state index contributed by atoms with van der Waals surface area (Å²) in [5.41, 5.74) is 2.53. The van der Waals surface area contributed by atoms with Crippen molar-refractivity contribution in [3.8, 4) is 0 Å². The highest BCUT2D eigenvalue weighted by molar-refractivity contribution is 6.07. The van der Waals surface area contributed by atoms with E-state index in [4.69, 9.17) is 0 Å². The van der Waals surface area contributed by atoms with Gasteiger partial charge >= 0.3 is 0 Å². The van der Waals surface area contributed by atoms with Gasteiger partial charge in [0.1, 0.15) is 5.82 Å². The lowest BCUT2D eigenvalue weighted by atomic mass is 10.1. The van der Waals surface area contributed by atoms with Crippen molar-refractivity contribution in [3.63, 3.8) is 0 Å². The normalized spacial score (nSPS) is 10.1. The Morgan fingerprint density at radius 2 is 1.95 bits per heavy atom. The van der Waals surface area contributed by atoms with Crippen LogP contribution in [0.25, 0.3) is 0 Å². The number of nitrogens with zero attached hydrogens (tertiary/aromatic N) is 1. The van der Waals surface area contributed by atoms with Crippen LogP contribution in [-0.2, 0) is 6.42 Å². The minimum absolute atomic E-state index is 0.144. The number of nitrogens with one attached hydrogen (secondary N) is 2. The molecule has 0 saturated heterocycles. The highest BCUT2D eigenvalue weighted by atomic mass is 16.1. The van der Waals surface area contributed by atoms with Crippen LogP contribution in [0.2, 0.25) is 0 Å². The minimum atomic E-state index is -0.144. The molecule has 0 unspecified atom stereocenters. The van der Waals surface area contributed by atoms with Gasteiger partial charge in [-0.25, -0.2) is 4.98 Å². The molecule has 0 aliphatic carbocycles. The lowest BCUT2D eigenvalue weighted by molar-refractivity contribution is 0.102. The van der Waals surface area contributed by atoms with Crippen molar-refractivity contribution < 1.29 is 4.79 Å². The van der Waals surface area contributed by atoms with E-state index in [2.05, 4.69) is 22.5 Å². The van der Waals surface area contributed by atoms with E-state index in [0.717, 1.165) is 24.2 Å². The van der Waals surface area contributed by atoms with Gasteiger partial charge in [-0.05, 0) is 37.1 Å². The maximum atomic E-state index is 12.4. The van der Waals surface area contributed by atoms with Crippen molar-refractivity contribution in [2.45, 2.75) is 20.3 Å². The summed E-state index contributed by atoms with van der Waals surface area (Å²) in [6, 6.07) is 11.4. The van der Waals surface area contributed by atoms with Gasteiger partial charge in [0.2, 0.25) is 0 Å². The summed E-state index contributed by atoms with van der Waals surface area (Å²) < 4.78 is 0. The van der Waals surface area contributed by atoms with Gasteiger partial charge in [-0.15, -0.1) is 0 Å². The number of carbonyl (C=O) groups is 1. The Kier molecular flexibility index (Phi) is 4.71. The first-order chi connectivity index (χ1) is 9.76. The largest absolute Gasteiger partial charge is 0.370 e. The SMILES string of the molecule is CCNc1ncccc1C(=O)Nc1ccccc1CC. The van der Waals surface area contributed by atoms with Gasteiger partial charge in [0.25, 0.3) is 5.91 Å². The molecule has 20 heavy (non-hydrogen) atoms. The second-order valence-electron chi connectivity index (χ2n) is 4.39. The van der Waals surface area contributed by atoms with Crippen molar-refractivity contribution in [1.82, 2.24) is 4.98 Å². The maximum absolute atomic E-state index is 12.4. The van der Waals surface area contributed by atoms with E-state index in [0.29, 0.717) is 11.4 Å². The molecule has 1 aromatic carbocycles. The van der Waals surface area contributed by atoms with Gasteiger partial charge in [-0.2, -0.15) is 0 Å². The third kappa shape index (κ3) is 3.15. The average molecular weight is 269 g/mol. The quantitative estimate of drug-likeness (QED) is 0.875. The number of amides is 1. The molecule has 0 saturated carbocycles. The van der Waals surface area contributed by atoms with Crippen LogP contribution in [-0.4, -0.2) is 17.4 Å². The first-order valence-electron chi connectivity index (χ1n) is 6.84. The van der Waals surface area contributed by atoms with Gasteiger partial charge in [-0.1, -0.05) is 25.1 Å². The lowest BCUT2D eigenvalue weighted by Gasteiger charge is -2.12. The molecule has 4 nitrogen and oxygen atoms in total. The molecule has 0 spiro atoms. The highest BCUT2D eigenvalue weighted by Crippen LogP contribution is 2.18. The van der Waals surface area contributed by atoms with Crippen molar-refractivity contribution >= 4 is 17.4 Å². The minimum Gasteiger partial charge on any atom is -0.370 e. The fraction of sp³-hybridized carbons (Fsp3) is 0.250. The Morgan fingerprint density at radius 3 is 2.70 bits per heavy atom. The summed E-state index contributed by atoms with van der Waals surface area (Å²) >= 11 is 0. The molecule has 4 heteroatoms. The molecule has 0 radical (unpaired) electrons. The molecule has 1 aromatic heterocycles. The van der Waals surface area contributed by atoms with Crippen LogP contribution in [0.15, 0.2) is 42.6 Å². The molecule has 2 N–H and O–H groups in total. The molecule has 0 aliphatic heterocycles. The summed E-state index contributed by atoms with van der Waals surface area (Å²) in [5.74, 6) is 0.469. The molecule has 2 aromatic rings. The van der Waals surface area contributed by atoms with Gasteiger partial charge in [0.15, 0.2) is 0 Å². The fourth-order valence-electron chi connectivity index (χ4n) is 2.04. The van der Waals surface area contributed by atoms with Crippen LogP contribution in [0.3, 0.4) is 0 Å². The van der Waals surface area contributed by atoms with Crippen LogP contribution in [0.4, 0.5) is 11.5 Å². The zero-order valence-corrected chi connectivity index (χ0v) is 11.8. The highest BCUT2D eigenvalue weighted by Gasteiger charge is 2.12. The van der Waals surface area contributed by atoms with Crippen molar-refractivity contribution in [1.29, 1.82) is 0 Å². The van der Waals surface area contributed by atoms with Gasteiger partial charge in [0.05, 0.1) is 5.56 Å². The summed E-state index contributed by atoms with van der Waals surface area (Å²) in [6.07, 6.45) is 2.55. The number of hydrogen-bond acceptors (Lipinski definition) is 3. The molecule has 0 atom stereocenters. The predicted octanol–water partition coefficient (Wildman–Crippen LogP) is 3.33. The van der Waals surface area contributed by atoms with Crippen LogP contribution in [0.5, 0.6) is 0 Å². The van der Waals surface area contributed by atoms with Gasteiger partial charge in [0, 0.05) is 18.4 Å². The van der Waals surface area contributed by atoms with Crippen LogP contribution in [0, 0.1) is 0 Å². The summed E-state index contributed by atoms with van der Waals surface area (Å²) in [7, 11) is 0. The van der Waals surface area contributed by atoms with Gasteiger partial charge in [-0.3, -0.25) is 4.79 Å². The molecule has 1 amide bonds. The number of carbonyl (C=O) groups excluding carboxylic acids is 1. The second-order valence-corrected chi connectivity index (χ2v) is 4.39. The third-order valence-electron chi connectivity index (χ3n) is 3.04. The number of rotatable bonds is 5. The number of para-hydroxylation sites is 1. The second kappa shape index (κ2) is 6.70. The Labute approximate surface area is 119 Å². The van der Waals surface area contributed by atoms with Crippen molar-refractivity contribution in [2.75, 3.05) is 17.2 Å². The van der Waals surface area contributed by atoms with Crippen molar-refractivity contribution in [2.24, 2.45) is 0 Å².